The Morgan fingerprint density at radius 3 is 2.89 bits per heavy atom. The van der Waals surface area contributed by atoms with E-state index in [-0.39, 0.29) is 24.7 Å². The minimum Gasteiger partial charge on any atom is -0.394 e. The molecule has 104 valence electrons. The molecule has 0 saturated carbocycles. The molecule has 1 N–H and O–H groups in total. The highest BCUT2D eigenvalue weighted by Gasteiger charge is 2.30. The minimum absolute atomic E-state index is 0.0102. The third kappa shape index (κ3) is 2.93. The third-order valence-electron chi connectivity index (χ3n) is 3.43. The molecule has 1 amide bonds. The topological polar surface area (TPSA) is 62.7 Å². The fourth-order valence-electron chi connectivity index (χ4n) is 2.28. The van der Waals surface area contributed by atoms with Gasteiger partial charge in [-0.25, -0.2) is 0 Å². The van der Waals surface area contributed by atoms with E-state index in [1.165, 1.54) is 0 Å². The molecule has 0 bridgehead atoms. The van der Waals surface area contributed by atoms with Crippen LogP contribution in [-0.4, -0.2) is 52.8 Å². The van der Waals surface area contributed by atoms with E-state index >= 15 is 0 Å². The first-order chi connectivity index (χ1) is 9.02. The molecular weight excluding hydrogens is 244 g/mol. The third-order valence-corrected chi connectivity index (χ3v) is 3.43. The summed E-state index contributed by atoms with van der Waals surface area (Å²) in [6, 6.07) is 3.67. The Kier molecular flexibility index (Phi) is 4.17. The van der Waals surface area contributed by atoms with Crippen molar-refractivity contribution in [3.63, 3.8) is 0 Å². The van der Waals surface area contributed by atoms with E-state index in [0.717, 1.165) is 11.4 Å². The lowest BCUT2D eigenvalue weighted by atomic mass is 10.1. The van der Waals surface area contributed by atoms with Crippen LogP contribution in [0, 0.1) is 13.8 Å². The van der Waals surface area contributed by atoms with Crippen LogP contribution in [0.15, 0.2) is 12.1 Å². The van der Waals surface area contributed by atoms with Gasteiger partial charge in [0.2, 0.25) is 0 Å². The zero-order valence-corrected chi connectivity index (χ0v) is 11.6. The molecule has 2 unspecified atom stereocenters. The van der Waals surface area contributed by atoms with Crippen molar-refractivity contribution in [3.8, 4) is 0 Å². The Hall–Kier alpha value is -1.46. The number of aliphatic hydroxyl groups excluding tert-OH is 1. The molecule has 1 aromatic rings. The maximum Gasteiger partial charge on any atom is 0.256 e. The van der Waals surface area contributed by atoms with Crippen molar-refractivity contribution < 1.29 is 14.6 Å². The first-order valence-electron chi connectivity index (χ1n) is 6.50. The highest BCUT2D eigenvalue weighted by atomic mass is 16.5. The maximum atomic E-state index is 12.6. The predicted molar refractivity (Wildman–Crippen MR) is 71.0 cm³/mol. The predicted octanol–water partition coefficient (Wildman–Crippen LogP) is 0.920. The van der Waals surface area contributed by atoms with E-state index in [9.17, 15) is 4.79 Å². The second-order valence-electron chi connectivity index (χ2n) is 5.03. The Bertz CT molecular complexity index is 476. The number of aryl methyl sites for hydroxylation is 2. The zero-order chi connectivity index (χ0) is 14.0. The molecule has 19 heavy (non-hydrogen) atoms. The monoisotopic (exact) mass is 264 g/mol. The summed E-state index contributed by atoms with van der Waals surface area (Å²) in [6.07, 6.45) is -0.293. The van der Waals surface area contributed by atoms with Gasteiger partial charge >= 0.3 is 0 Å². The molecule has 0 radical (unpaired) electrons. The smallest absolute Gasteiger partial charge is 0.256 e. The standard InChI is InChI=1S/C14H20N2O3/c1-9-4-5-13(11(3)15-9)14(18)16-6-12(7-17)19-8-10(16)2/h4-5,10,12,17H,6-8H2,1-3H3. The van der Waals surface area contributed by atoms with E-state index in [4.69, 9.17) is 9.84 Å². The summed E-state index contributed by atoms with van der Waals surface area (Å²) in [4.78, 5) is 18.6. The van der Waals surface area contributed by atoms with Crippen LogP contribution in [0.1, 0.15) is 28.7 Å². The van der Waals surface area contributed by atoms with Crippen LogP contribution in [0.5, 0.6) is 0 Å². The Labute approximate surface area is 113 Å². The van der Waals surface area contributed by atoms with Crippen molar-refractivity contribution in [3.05, 3.63) is 29.1 Å². The number of morpholine rings is 1. The normalized spacial score (nSPS) is 23.5. The summed E-state index contributed by atoms with van der Waals surface area (Å²) in [6.45, 7) is 6.50. The summed E-state index contributed by atoms with van der Waals surface area (Å²) in [5.41, 5.74) is 2.26. The van der Waals surface area contributed by atoms with Crippen LogP contribution in [0.4, 0.5) is 0 Å². The maximum absolute atomic E-state index is 12.6. The number of carbonyl (C=O) groups is 1. The molecule has 2 atom stereocenters. The van der Waals surface area contributed by atoms with Crippen molar-refractivity contribution in [1.29, 1.82) is 0 Å². The van der Waals surface area contributed by atoms with Gasteiger partial charge in [-0.2, -0.15) is 0 Å². The van der Waals surface area contributed by atoms with Crippen LogP contribution in [0.3, 0.4) is 0 Å². The lowest BCUT2D eigenvalue weighted by molar-refractivity contribution is -0.0667. The molecule has 1 aliphatic heterocycles. The van der Waals surface area contributed by atoms with Gasteiger partial charge in [0.25, 0.3) is 5.91 Å². The van der Waals surface area contributed by atoms with Crippen molar-refractivity contribution in [2.45, 2.75) is 32.9 Å². The number of amides is 1. The largest absolute Gasteiger partial charge is 0.394 e. The molecule has 1 saturated heterocycles. The quantitative estimate of drug-likeness (QED) is 0.863. The second kappa shape index (κ2) is 5.67. The molecule has 2 heterocycles. The molecule has 5 heteroatoms. The summed E-state index contributed by atoms with van der Waals surface area (Å²) >= 11 is 0. The van der Waals surface area contributed by atoms with Gasteiger partial charge in [0, 0.05) is 12.2 Å². The fraction of sp³-hybridized carbons (Fsp3) is 0.571. The molecule has 5 nitrogen and oxygen atoms in total. The molecule has 0 spiro atoms. The summed E-state index contributed by atoms with van der Waals surface area (Å²) < 4.78 is 5.45. The number of rotatable bonds is 2. The Morgan fingerprint density at radius 1 is 1.53 bits per heavy atom. The number of hydrogen-bond donors (Lipinski definition) is 1. The van der Waals surface area contributed by atoms with Crippen LogP contribution in [-0.2, 0) is 4.74 Å². The van der Waals surface area contributed by atoms with Gasteiger partial charge in [-0.15, -0.1) is 0 Å². The first-order valence-corrected chi connectivity index (χ1v) is 6.50. The number of ether oxygens (including phenoxy) is 1. The number of aliphatic hydroxyl groups is 1. The van der Waals surface area contributed by atoms with Gasteiger partial charge in [0.15, 0.2) is 0 Å². The molecular formula is C14H20N2O3. The number of nitrogens with zero attached hydrogens (tertiary/aromatic N) is 2. The Balaban J connectivity index is 2.22. The van der Waals surface area contributed by atoms with Gasteiger partial charge in [-0.05, 0) is 32.9 Å². The van der Waals surface area contributed by atoms with Gasteiger partial charge in [-0.3, -0.25) is 9.78 Å². The highest BCUT2D eigenvalue weighted by Crippen LogP contribution is 2.17. The molecule has 1 aliphatic rings. The number of hydrogen-bond acceptors (Lipinski definition) is 4. The van der Waals surface area contributed by atoms with Crippen LogP contribution < -0.4 is 0 Å². The van der Waals surface area contributed by atoms with Crippen molar-refractivity contribution >= 4 is 5.91 Å². The highest BCUT2D eigenvalue weighted by molar-refractivity contribution is 5.95. The number of pyridine rings is 1. The van der Waals surface area contributed by atoms with Crippen LogP contribution >= 0.6 is 0 Å². The molecule has 0 aromatic carbocycles. The van der Waals surface area contributed by atoms with Gasteiger partial charge in [0.05, 0.1) is 36.6 Å². The molecule has 2 rings (SSSR count). The van der Waals surface area contributed by atoms with Crippen LogP contribution in [0.2, 0.25) is 0 Å². The van der Waals surface area contributed by atoms with E-state index in [2.05, 4.69) is 4.98 Å². The lowest BCUT2D eigenvalue weighted by Crippen LogP contribution is -2.52. The van der Waals surface area contributed by atoms with Gasteiger partial charge in [0.1, 0.15) is 0 Å². The second-order valence-corrected chi connectivity index (χ2v) is 5.03. The zero-order valence-electron chi connectivity index (χ0n) is 11.6. The molecule has 0 aliphatic carbocycles. The fourth-order valence-corrected chi connectivity index (χ4v) is 2.28. The van der Waals surface area contributed by atoms with E-state index in [1.807, 2.05) is 32.9 Å². The average Bonchev–Trinajstić information content (AvgIpc) is 2.38. The first kappa shape index (κ1) is 14.0. The number of aromatic nitrogens is 1. The van der Waals surface area contributed by atoms with E-state index in [1.54, 1.807) is 4.90 Å². The van der Waals surface area contributed by atoms with Gasteiger partial charge in [-0.1, -0.05) is 0 Å². The molecule has 1 aromatic heterocycles. The van der Waals surface area contributed by atoms with Gasteiger partial charge < -0.3 is 14.7 Å². The van der Waals surface area contributed by atoms with Crippen LogP contribution in [0.25, 0.3) is 0 Å². The average molecular weight is 264 g/mol. The van der Waals surface area contributed by atoms with E-state index < -0.39 is 0 Å². The molecule has 1 fully saturated rings. The van der Waals surface area contributed by atoms with Crippen molar-refractivity contribution in [2.75, 3.05) is 19.8 Å². The lowest BCUT2D eigenvalue weighted by Gasteiger charge is -2.37. The summed E-state index contributed by atoms with van der Waals surface area (Å²) in [7, 11) is 0. The van der Waals surface area contributed by atoms with Crippen molar-refractivity contribution in [2.24, 2.45) is 0 Å². The summed E-state index contributed by atoms with van der Waals surface area (Å²) in [5.74, 6) is -0.0424. The summed E-state index contributed by atoms with van der Waals surface area (Å²) in [5, 5.41) is 9.16. The van der Waals surface area contributed by atoms with Crippen molar-refractivity contribution in [1.82, 2.24) is 9.88 Å². The Morgan fingerprint density at radius 2 is 2.26 bits per heavy atom. The van der Waals surface area contributed by atoms with E-state index in [0.29, 0.717) is 18.7 Å². The number of carbonyl (C=O) groups excluding carboxylic acids is 1. The SMILES string of the molecule is Cc1ccc(C(=O)N2CC(CO)OCC2C)c(C)n1. The minimum atomic E-state index is -0.293.